The lowest BCUT2D eigenvalue weighted by atomic mass is 9.92. The molecule has 0 aliphatic rings. The molecule has 1 heterocycles. The van der Waals surface area contributed by atoms with E-state index in [1.165, 1.54) is 11.8 Å². The van der Waals surface area contributed by atoms with Crippen molar-refractivity contribution in [1.29, 1.82) is 0 Å². The van der Waals surface area contributed by atoms with Crippen LogP contribution in [0.15, 0.2) is 27.8 Å². The summed E-state index contributed by atoms with van der Waals surface area (Å²) in [4.78, 5) is 11.9. The summed E-state index contributed by atoms with van der Waals surface area (Å²) in [5.74, 6) is 2.02. The van der Waals surface area contributed by atoms with Crippen molar-refractivity contribution in [3.05, 3.63) is 18.2 Å². The third-order valence-electron chi connectivity index (χ3n) is 3.21. The van der Waals surface area contributed by atoms with Gasteiger partial charge in [-0.1, -0.05) is 32.5 Å². The van der Waals surface area contributed by atoms with Crippen molar-refractivity contribution in [2.75, 3.05) is 20.0 Å². The van der Waals surface area contributed by atoms with Crippen LogP contribution in [0.5, 0.6) is 11.5 Å². The zero-order valence-corrected chi connectivity index (χ0v) is 14.7. The van der Waals surface area contributed by atoms with Crippen LogP contribution in [0.25, 0.3) is 11.5 Å². The monoisotopic (exact) mass is 336 g/mol. The first-order valence-corrected chi connectivity index (χ1v) is 8.05. The molecule has 0 unspecified atom stereocenters. The van der Waals surface area contributed by atoms with E-state index in [0.717, 1.165) is 0 Å². The molecule has 23 heavy (non-hydrogen) atoms. The Balaban J connectivity index is 2.15. The minimum Gasteiger partial charge on any atom is -0.497 e. The highest BCUT2D eigenvalue weighted by molar-refractivity contribution is 7.99. The van der Waals surface area contributed by atoms with Crippen LogP contribution in [-0.4, -0.2) is 36.0 Å². The maximum atomic E-state index is 11.9. The summed E-state index contributed by atoms with van der Waals surface area (Å²) < 4.78 is 16.1. The summed E-state index contributed by atoms with van der Waals surface area (Å²) in [6.07, 6.45) is 0. The van der Waals surface area contributed by atoms with Crippen LogP contribution >= 0.6 is 11.8 Å². The second kappa shape index (κ2) is 7.04. The number of Topliss-reactive ketones (excluding diaryl/α,β-unsaturated/α-hetero) is 1. The molecule has 1 aromatic carbocycles. The highest BCUT2D eigenvalue weighted by Crippen LogP contribution is 2.33. The Bertz CT molecular complexity index is 692. The second-order valence-corrected chi connectivity index (χ2v) is 6.83. The second-order valence-electron chi connectivity index (χ2n) is 5.90. The third kappa shape index (κ3) is 4.25. The number of ether oxygens (including phenoxy) is 2. The average Bonchev–Trinajstić information content (AvgIpc) is 2.99. The Morgan fingerprint density at radius 2 is 1.96 bits per heavy atom. The molecule has 0 radical (unpaired) electrons. The SMILES string of the molecule is COc1ccc(-c2nnc(SCC(=O)C(C)(C)C)o2)c(OC)c1. The van der Waals surface area contributed by atoms with Gasteiger partial charge in [-0.25, -0.2) is 0 Å². The molecule has 0 N–H and O–H groups in total. The number of hydrogen-bond acceptors (Lipinski definition) is 7. The maximum absolute atomic E-state index is 11.9. The number of carbonyl (C=O) groups is 1. The van der Waals surface area contributed by atoms with Crippen molar-refractivity contribution < 1.29 is 18.7 Å². The molecule has 0 aliphatic heterocycles. The van der Waals surface area contributed by atoms with Gasteiger partial charge in [-0.2, -0.15) is 0 Å². The van der Waals surface area contributed by atoms with Gasteiger partial charge in [0.05, 0.1) is 25.5 Å². The molecule has 0 atom stereocenters. The number of hydrogen-bond donors (Lipinski definition) is 0. The van der Waals surface area contributed by atoms with Crippen molar-refractivity contribution in [2.24, 2.45) is 5.41 Å². The summed E-state index contributed by atoms with van der Waals surface area (Å²) in [5, 5.41) is 8.35. The standard InChI is InChI=1S/C16H20N2O4S/c1-16(2,3)13(19)9-23-15-18-17-14(22-15)11-7-6-10(20-4)8-12(11)21-5/h6-8H,9H2,1-5H3. The quantitative estimate of drug-likeness (QED) is 0.748. The number of aromatic nitrogens is 2. The molecular weight excluding hydrogens is 316 g/mol. The molecule has 0 bridgehead atoms. The Labute approximate surface area is 139 Å². The fraction of sp³-hybridized carbons (Fsp3) is 0.438. The van der Waals surface area contributed by atoms with Gasteiger partial charge in [0.2, 0.25) is 0 Å². The fourth-order valence-corrected chi connectivity index (χ4v) is 2.62. The van der Waals surface area contributed by atoms with E-state index in [1.807, 2.05) is 20.8 Å². The Morgan fingerprint density at radius 1 is 1.22 bits per heavy atom. The minimum atomic E-state index is -0.380. The summed E-state index contributed by atoms with van der Waals surface area (Å²) >= 11 is 1.24. The number of benzene rings is 1. The summed E-state index contributed by atoms with van der Waals surface area (Å²) in [7, 11) is 3.15. The van der Waals surface area contributed by atoms with E-state index < -0.39 is 0 Å². The van der Waals surface area contributed by atoms with E-state index >= 15 is 0 Å². The normalized spacial score (nSPS) is 11.3. The van der Waals surface area contributed by atoms with Gasteiger partial charge in [0.25, 0.3) is 11.1 Å². The Morgan fingerprint density at radius 3 is 2.57 bits per heavy atom. The zero-order chi connectivity index (χ0) is 17.0. The van der Waals surface area contributed by atoms with Gasteiger partial charge in [0.15, 0.2) is 0 Å². The number of ketones is 1. The lowest BCUT2D eigenvalue weighted by molar-refractivity contribution is -0.123. The van der Waals surface area contributed by atoms with E-state index in [1.54, 1.807) is 32.4 Å². The van der Waals surface area contributed by atoms with Crippen LogP contribution in [0, 0.1) is 5.41 Å². The summed E-state index contributed by atoms with van der Waals surface area (Å²) in [6.45, 7) is 5.66. The van der Waals surface area contributed by atoms with Crippen molar-refractivity contribution in [2.45, 2.75) is 26.0 Å². The lowest BCUT2D eigenvalue weighted by Crippen LogP contribution is -2.21. The van der Waals surface area contributed by atoms with Crippen LogP contribution in [-0.2, 0) is 4.79 Å². The molecule has 2 rings (SSSR count). The van der Waals surface area contributed by atoms with Crippen molar-refractivity contribution >= 4 is 17.5 Å². The highest BCUT2D eigenvalue weighted by atomic mass is 32.2. The summed E-state index contributed by atoms with van der Waals surface area (Å²) in [6, 6.07) is 5.33. The number of nitrogens with zero attached hydrogens (tertiary/aromatic N) is 2. The number of methoxy groups -OCH3 is 2. The average molecular weight is 336 g/mol. The number of carbonyl (C=O) groups excluding carboxylic acids is 1. The van der Waals surface area contributed by atoms with Gasteiger partial charge < -0.3 is 13.9 Å². The van der Waals surface area contributed by atoms with Gasteiger partial charge in [0, 0.05) is 11.5 Å². The highest BCUT2D eigenvalue weighted by Gasteiger charge is 2.22. The van der Waals surface area contributed by atoms with Gasteiger partial charge in [0.1, 0.15) is 17.3 Å². The van der Waals surface area contributed by atoms with Gasteiger partial charge >= 0.3 is 0 Å². The molecule has 124 valence electrons. The van der Waals surface area contributed by atoms with E-state index in [-0.39, 0.29) is 11.2 Å². The van der Waals surface area contributed by atoms with E-state index in [2.05, 4.69) is 10.2 Å². The minimum absolute atomic E-state index is 0.129. The van der Waals surface area contributed by atoms with Crippen LogP contribution in [0.1, 0.15) is 20.8 Å². The van der Waals surface area contributed by atoms with Gasteiger partial charge in [-0.15, -0.1) is 10.2 Å². The first kappa shape index (κ1) is 17.3. The molecule has 0 amide bonds. The van der Waals surface area contributed by atoms with E-state index in [4.69, 9.17) is 13.9 Å². The molecule has 0 fully saturated rings. The fourth-order valence-electron chi connectivity index (χ4n) is 1.70. The molecular formula is C16H20N2O4S. The first-order valence-electron chi connectivity index (χ1n) is 7.07. The van der Waals surface area contributed by atoms with Crippen molar-refractivity contribution in [3.63, 3.8) is 0 Å². The largest absolute Gasteiger partial charge is 0.497 e. The van der Waals surface area contributed by atoms with Crippen LogP contribution in [0.2, 0.25) is 0 Å². The molecule has 0 saturated carbocycles. The van der Waals surface area contributed by atoms with Gasteiger partial charge in [-0.05, 0) is 12.1 Å². The first-order chi connectivity index (χ1) is 10.8. The lowest BCUT2D eigenvalue weighted by Gasteiger charge is -2.14. The summed E-state index contributed by atoms with van der Waals surface area (Å²) in [5.41, 5.74) is 0.296. The third-order valence-corrected chi connectivity index (χ3v) is 4.03. The zero-order valence-electron chi connectivity index (χ0n) is 13.9. The molecule has 0 spiro atoms. The Hall–Kier alpha value is -2.02. The molecule has 1 aromatic heterocycles. The Kier molecular flexibility index (Phi) is 5.30. The predicted molar refractivity (Wildman–Crippen MR) is 88.0 cm³/mol. The number of thioether (sulfide) groups is 1. The molecule has 7 heteroatoms. The van der Waals surface area contributed by atoms with Crippen molar-refractivity contribution in [3.8, 4) is 23.0 Å². The van der Waals surface area contributed by atoms with E-state index in [0.29, 0.717) is 33.9 Å². The van der Waals surface area contributed by atoms with Crippen LogP contribution < -0.4 is 9.47 Å². The van der Waals surface area contributed by atoms with Crippen molar-refractivity contribution in [1.82, 2.24) is 10.2 Å². The van der Waals surface area contributed by atoms with E-state index in [9.17, 15) is 4.79 Å². The molecule has 0 saturated heterocycles. The molecule has 6 nitrogen and oxygen atoms in total. The van der Waals surface area contributed by atoms with Gasteiger partial charge in [-0.3, -0.25) is 4.79 Å². The molecule has 2 aromatic rings. The number of rotatable bonds is 6. The maximum Gasteiger partial charge on any atom is 0.277 e. The van der Waals surface area contributed by atoms with Crippen LogP contribution in [0.4, 0.5) is 0 Å². The topological polar surface area (TPSA) is 74.5 Å². The molecule has 0 aliphatic carbocycles. The smallest absolute Gasteiger partial charge is 0.277 e. The van der Waals surface area contributed by atoms with Crippen LogP contribution in [0.3, 0.4) is 0 Å². The predicted octanol–water partition coefficient (Wildman–Crippen LogP) is 3.46.